The summed E-state index contributed by atoms with van der Waals surface area (Å²) in [7, 11) is 1.48. The molecule has 0 spiro atoms. The Bertz CT molecular complexity index is 723. The van der Waals surface area contributed by atoms with Crippen LogP contribution in [0.15, 0.2) is 24.3 Å². The summed E-state index contributed by atoms with van der Waals surface area (Å²) in [5.41, 5.74) is 0.662. The predicted octanol–water partition coefficient (Wildman–Crippen LogP) is 3.43. The minimum absolute atomic E-state index is 0.214. The van der Waals surface area contributed by atoms with Crippen molar-refractivity contribution in [2.75, 3.05) is 17.7 Å². The number of nitrogens with one attached hydrogen (secondary N) is 2. The quantitative estimate of drug-likeness (QED) is 0.882. The number of nitrogens with zero attached hydrogens (tertiary/aromatic N) is 2. The summed E-state index contributed by atoms with van der Waals surface area (Å²) < 4.78 is 30.9. The minimum Gasteiger partial charge on any atom is -0.495 e. The molecule has 1 heterocycles. The molecule has 0 fully saturated rings. The van der Waals surface area contributed by atoms with Gasteiger partial charge in [-0.1, -0.05) is 0 Å². The van der Waals surface area contributed by atoms with Crippen LogP contribution in [0.1, 0.15) is 24.9 Å². The fraction of sp³-hybridized carbons (Fsp3) is 0.267. The second-order valence-electron chi connectivity index (χ2n) is 4.75. The number of methoxy groups -OCH3 is 1. The van der Waals surface area contributed by atoms with Crippen LogP contribution < -0.4 is 15.4 Å². The van der Waals surface area contributed by atoms with Crippen LogP contribution in [0.5, 0.6) is 5.75 Å². The monoisotopic (exact) mass is 322 g/mol. The van der Waals surface area contributed by atoms with E-state index in [1.54, 1.807) is 18.2 Å². The molecule has 0 unspecified atom stereocenters. The molecule has 8 heteroatoms. The number of alkyl halides is 2. The third-order valence-corrected chi connectivity index (χ3v) is 2.86. The lowest BCUT2D eigenvalue weighted by molar-refractivity contribution is -0.114. The standard InChI is InChI=1S/C15H16F2N4O2/c1-8-18-12(15(16)17)7-14(19-8)21-11-6-10(20-9(2)22)4-5-13(11)23-3/h4-7,15H,1-3H3,(H,20,22)(H,18,19,21). The number of hydrogen-bond donors (Lipinski definition) is 2. The summed E-state index contributed by atoms with van der Waals surface area (Å²) in [5, 5.41) is 5.55. The molecule has 0 aliphatic heterocycles. The van der Waals surface area contributed by atoms with E-state index in [-0.39, 0.29) is 23.2 Å². The highest BCUT2D eigenvalue weighted by molar-refractivity contribution is 5.89. The van der Waals surface area contributed by atoms with E-state index in [1.165, 1.54) is 27.0 Å². The van der Waals surface area contributed by atoms with Crippen LogP contribution >= 0.6 is 0 Å². The topological polar surface area (TPSA) is 76.1 Å². The molecule has 0 aliphatic carbocycles. The van der Waals surface area contributed by atoms with Crippen LogP contribution in [-0.4, -0.2) is 23.0 Å². The molecular formula is C15H16F2N4O2. The number of hydrogen-bond acceptors (Lipinski definition) is 5. The Hall–Kier alpha value is -2.77. The van der Waals surface area contributed by atoms with E-state index in [0.29, 0.717) is 17.1 Å². The molecule has 2 N–H and O–H groups in total. The lowest BCUT2D eigenvalue weighted by atomic mass is 10.2. The first-order chi connectivity index (χ1) is 10.9. The highest BCUT2D eigenvalue weighted by atomic mass is 19.3. The van der Waals surface area contributed by atoms with E-state index >= 15 is 0 Å². The van der Waals surface area contributed by atoms with Gasteiger partial charge in [0, 0.05) is 18.7 Å². The normalized spacial score (nSPS) is 10.5. The van der Waals surface area contributed by atoms with Crippen LogP contribution in [0.25, 0.3) is 0 Å². The van der Waals surface area contributed by atoms with Gasteiger partial charge in [0.25, 0.3) is 6.43 Å². The molecule has 0 atom stereocenters. The maximum absolute atomic E-state index is 12.8. The maximum atomic E-state index is 12.8. The van der Waals surface area contributed by atoms with Gasteiger partial charge in [0.2, 0.25) is 5.91 Å². The van der Waals surface area contributed by atoms with Crippen molar-refractivity contribution in [1.82, 2.24) is 9.97 Å². The number of carbonyl (C=O) groups excluding carboxylic acids is 1. The molecule has 0 bridgehead atoms. The zero-order valence-corrected chi connectivity index (χ0v) is 12.9. The predicted molar refractivity (Wildman–Crippen MR) is 82.3 cm³/mol. The summed E-state index contributed by atoms with van der Waals surface area (Å²) in [6, 6.07) is 6.11. The summed E-state index contributed by atoms with van der Waals surface area (Å²) in [4.78, 5) is 18.9. The van der Waals surface area contributed by atoms with Crippen molar-refractivity contribution in [3.05, 3.63) is 35.8 Å². The van der Waals surface area contributed by atoms with E-state index < -0.39 is 6.43 Å². The van der Waals surface area contributed by atoms with E-state index in [0.717, 1.165) is 0 Å². The zero-order chi connectivity index (χ0) is 17.0. The highest BCUT2D eigenvalue weighted by Gasteiger charge is 2.13. The first kappa shape index (κ1) is 16.6. The van der Waals surface area contributed by atoms with Gasteiger partial charge in [-0.25, -0.2) is 18.7 Å². The van der Waals surface area contributed by atoms with Gasteiger partial charge >= 0.3 is 0 Å². The average Bonchev–Trinajstić information content (AvgIpc) is 2.46. The van der Waals surface area contributed by atoms with Gasteiger partial charge in [-0.05, 0) is 25.1 Å². The van der Waals surface area contributed by atoms with Crippen molar-refractivity contribution in [3.8, 4) is 5.75 Å². The van der Waals surface area contributed by atoms with Crippen molar-refractivity contribution in [2.24, 2.45) is 0 Å². The van der Waals surface area contributed by atoms with Crippen LogP contribution in [0.4, 0.5) is 26.0 Å². The van der Waals surface area contributed by atoms with Crippen molar-refractivity contribution < 1.29 is 18.3 Å². The molecular weight excluding hydrogens is 306 g/mol. The Morgan fingerprint density at radius 3 is 2.61 bits per heavy atom. The molecule has 2 aromatic rings. The van der Waals surface area contributed by atoms with Crippen molar-refractivity contribution >= 4 is 23.1 Å². The molecule has 1 aromatic heterocycles. The highest BCUT2D eigenvalue weighted by Crippen LogP contribution is 2.31. The fourth-order valence-corrected chi connectivity index (χ4v) is 1.99. The number of anilines is 3. The molecule has 0 aliphatic rings. The first-order valence-corrected chi connectivity index (χ1v) is 6.75. The average molecular weight is 322 g/mol. The Morgan fingerprint density at radius 1 is 1.26 bits per heavy atom. The van der Waals surface area contributed by atoms with Gasteiger partial charge in [-0.3, -0.25) is 4.79 Å². The zero-order valence-electron chi connectivity index (χ0n) is 12.9. The van der Waals surface area contributed by atoms with Gasteiger partial charge in [-0.15, -0.1) is 0 Å². The smallest absolute Gasteiger partial charge is 0.280 e. The lowest BCUT2D eigenvalue weighted by Crippen LogP contribution is -2.07. The molecule has 23 heavy (non-hydrogen) atoms. The summed E-state index contributed by atoms with van der Waals surface area (Å²) in [6.45, 7) is 2.92. The summed E-state index contributed by atoms with van der Waals surface area (Å²) >= 11 is 0. The number of aryl methyl sites for hydroxylation is 1. The fourth-order valence-electron chi connectivity index (χ4n) is 1.99. The van der Waals surface area contributed by atoms with E-state index in [9.17, 15) is 13.6 Å². The number of halogens is 2. The van der Waals surface area contributed by atoms with Crippen LogP contribution in [0, 0.1) is 6.92 Å². The van der Waals surface area contributed by atoms with Crippen molar-refractivity contribution in [1.29, 1.82) is 0 Å². The Kier molecular flexibility index (Phi) is 5.05. The first-order valence-electron chi connectivity index (χ1n) is 6.75. The SMILES string of the molecule is COc1ccc(NC(C)=O)cc1Nc1cc(C(F)F)nc(C)n1. The molecule has 6 nitrogen and oxygen atoms in total. The Labute approximate surface area is 131 Å². The molecule has 122 valence electrons. The maximum Gasteiger partial charge on any atom is 0.280 e. The molecule has 1 amide bonds. The Balaban J connectivity index is 2.36. The number of rotatable bonds is 5. The lowest BCUT2D eigenvalue weighted by Gasteiger charge is -2.13. The number of benzene rings is 1. The van der Waals surface area contributed by atoms with E-state index in [1.807, 2.05) is 0 Å². The van der Waals surface area contributed by atoms with Crippen LogP contribution in [-0.2, 0) is 4.79 Å². The number of carbonyl (C=O) groups is 1. The van der Waals surface area contributed by atoms with Crippen LogP contribution in [0.3, 0.4) is 0 Å². The molecule has 0 saturated heterocycles. The van der Waals surface area contributed by atoms with E-state index in [4.69, 9.17) is 4.74 Å². The van der Waals surface area contributed by atoms with Crippen molar-refractivity contribution in [2.45, 2.75) is 20.3 Å². The van der Waals surface area contributed by atoms with E-state index in [2.05, 4.69) is 20.6 Å². The molecule has 0 saturated carbocycles. The molecule has 2 rings (SSSR count). The van der Waals surface area contributed by atoms with Gasteiger partial charge in [0.1, 0.15) is 23.1 Å². The minimum atomic E-state index is -2.69. The molecule has 0 radical (unpaired) electrons. The molecule has 1 aromatic carbocycles. The summed E-state index contributed by atoms with van der Waals surface area (Å²) in [6.07, 6.45) is -2.69. The van der Waals surface area contributed by atoms with Crippen molar-refractivity contribution in [3.63, 3.8) is 0 Å². The third kappa shape index (κ3) is 4.35. The van der Waals surface area contributed by atoms with Gasteiger partial charge in [-0.2, -0.15) is 0 Å². The number of ether oxygens (including phenoxy) is 1. The van der Waals surface area contributed by atoms with Crippen LogP contribution in [0.2, 0.25) is 0 Å². The van der Waals surface area contributed by atoms with Gasteiger partial charge in [0.15, 0.2) is 0 Å². The largest absolute Gasteiger partial charge is 0.495 e. The van der Waals surface area contributed by atoms with Gasteiger partial charge < -0.3 is 15.4 Å². The third-order valence-electron chi connectivity index (χ3n) is 2.86. The Morgan fingerprint density at radius 2 is 2.00 bits per heavy atom. The number of aromatic nitrogens is 2. The second kappa shape index (κ2) is 6.99. The number of amides is 1. The second-order valence-corrected chi connectivity index (χ2v) is 4.75. The summed E-state index contributed by atoms with van der Waals surface area (Å²) in [5.74, 6) is 0.696. The van der Waals surface area contributed by atoms with Gasteiger partial charge in [0.05, 0.1) is 12.8 Å².